The van der Waals surface area contributed by atoms with E-state index in [-0.39, 0.29) is 23.9 Å². The second-order valence-corrected chi connectivity index (χ2v) is 10.2. The highest BCUT2D eigenvalue weighted by Crippen LogP contribution is 2.43. The van der Waals surface area contributed by atoms with Gasteiger partial charge in [0.05, 0.1) is 12.6 Å². The van der Waals surface area contributed by atoms with Gasteiger partial charge in [-0.3, -0.25) is 19.2 Å². The number of urea groups is 1. The van der Waals surface area contributed by atoms with Gasteiger partial charge < -0.3 is 10.6 Å². The second-order valence-electron chi connectivity index (χ2n) is 10.2. The van der Waals surface area contributed by atoms with E-state index >= 15 is 0 Å². The average molecular weight is 453 g/mol. The molecule has 2 fully saturated rings. The summed E-state index contributed by atoms with van der Waals surface area (Å²) in [6.07, 6.45) is 5.99. The molecule has 1 saturated heterocycles. The van der Waals surface area contributed by atoms with Crippen molar-refractivity contribution >= 4 is 17.8 Å². The molecule has 9 heteroatoms. The number of carbonyl (C=O) groups is 3. The van der Waals surface area contributed by atoms with Crippen LogP contribution in [-0.2, 0) is 16.1 Å². The van der Waals surface area contributed by atoms with Crippen LogP contribution in [0.4, 0.5) is 4.79 Å². The van der Waals surface area contributed by atoms with E-state index < -0.39 is 17.5 Å². The number of benzene rings is 1. The highest BCUT2D eigenvalue weighted by Gasteiger charge is 2.53. The molecule has 4 rings (SSSR count). The minimum absolute atomic E-state index is 0.170. The second kappa shape index (κ2) is 8.96. The lowest BCUT2D eigenvalue weighted by atomic mass is 9.67. The Morgan fingerprint density at radius 3 is 2.52 bits per heavy atom. The summed E-state index contributed by atoms with van der Waals surface area (Å²) in [5.74, 6) is -0.177. The van der Waals surface area contributed by atoms with Crippen LogP contribution < -0.4 is 10.6 Å². The molecular weight excluding hydrogens is 420 g/mol. The maximum absolute atomic E-state index is 13.2. The van der Waals surface area contributed by atoms with Gasteiger partial charge in [0, 0.05) is 0 Å². The van der Waals surface area contributed by atoms with Gasteiger partial charge in [-0.25, -0.2) is 9.78 Å². The first-order valence-corrected chi connectivity index (χ1v) is 11.5. The molecule has 9 nitrogen and oxygen atoms in total. The van der Waals surface area contributed by atoms with Gasteiger partial charge in [-0.15, -0.1) is 0 Å². The highest BCUT2D eigenvalue weighted by atomic mass is 16.2. The van der Waals surface area contributed by atoms with Crippen molar-refractivity contribution in [3.8, 4) is 0 Å². The molecule has 1 unspecified atom stereocenters. The molecule has 33 heavy (non-hydrogen) atoms. The number of amides is 4. The van der Waals surface area contributed by atoms with Gasteiger partial charge in [0.2, 0.25) is 5.91 Å². The Balaban J connectivity index is 1.42. The van der Waals surface area contributed by atoms with Crippen LogP contribution in [0.15, 0.2) is 43.0 Å². The zero-order valence-corrected chi connectivity index (χ0v) is 19.5. The van der Waals surface area contributed by atoms with Crippen molar-refractivity contribution in [3.63, 3.8) is 0 Å². The number of nitrogens with zero attached hydrogens (tertiary/aromatic N) is 4. The van der Waals surface area contributed by atoms with E-state index in [1.807, 2.05) is 30.3 Å². The number of carbonyl (C=O) groups excluding carboxylic acids is 3. The Morgan fingerprint density at radius 1 is 1.21 bits per heavy atom. The third kappa shape index (κ3) is 4.91. The summed E-state index contributed by atoms with van der Waals surface area (Å²) in [6, 6.07) is 8.65. The number of hydrogen-bond acceptors (Lipinski definition) is 5. The normalized spacial score (nSPS) is 24.1. The zero-order chi connectivity index (χ0) is 23.6. The fraction of sp³-hybridized carbons (Fsp3) is 0.542. The van der Waals surface area contributed by atoms with Crippen LogP contribution in [0.5, 0.6) is 0 Å². The van der Waals surface area contributed by atoms with Crippen LogP contribution in [0.25, 0.3) is 0 Å². The Labute approximate surface area is 193 Å². The first kappa shape index (κ1) is 22.9. The molecule has 2 heterocycles. The molecule has 2 N–H and O–H groups in total. The van der Waals surface area contributed by atoms with Gasteiger partial charge in [0.25, 0.3) is 5.91 Å². The first-order chi connectivity index (χ1) is 15.7. The monoisotopic (exact) mass is 452 g/mol. The predicted octanol–water partition coefficient (Wildman–Crippen LogP) is 2.66. The maximum Gasteiger partial charge on any atom is 0.325 e. The van der Waals surface area contributed by atoms with E-state index in [1.165, 1.54) is 6.33 Å². The van der Waals surface area contributed by atoms with E-state index in [0.717, 1.165) is 23.3 Å². The molecule has 1 atom stereocenters. The molecule has 1 spiro atoms. The van der Waals surface area contributed by atoms with Crippen LogP contribution in [0, 0.1) is 11.3 Å². The smallest absolute Gasteiger partial charge is 0.325 e. The minimum atomic E-state index is -0.876. The van der Waals surface area contributed by atoms with E-state index in [9.17, 15) is 14.4 Å². The summed E-state index contributed by atoms with van der Waals surface area (Å²) in [6.45, 7) is 6.71. The summed E-state index contributed by atoms with van der Waals surface area (Å²) in [5, 5.41) is 9.98. The van der Waals surface area contributed by atoms with E-state index in [2.05, 4.69) is 41.5 Å². The van der Waals surface area contributed by atoms with Crippen LogP contribution >= 0.6 is 0 Å². The van der Waals surface area contributed by atoms with Gasteiger partial charge in [0.1, 0.15) is 24.7 Å². The molecule has 2 aromatic rings. The van der Waals surface area contributed by atoms with Crippen LogP contribution in [0.1, 0.15) is 58.1 Å². The molecule has 4 amide bonds. The van der Waals surface area contributed by atoms with Gasteiger partial charge in [-0.1, -0.05) is 51.1 Å². The molecule has 1 aliphatic carbocycles. The molecule has 1 aromatic carbocycles. The fourth-order valence-corrected chi connectivity index (χ4v) is 4.95. The van der Waals surface area contributed by atoms with Crippen molar-refractivity contribution in [2.24, 2.45) is 11.3 Å². The number of hydrogen-bond donors (Lipinski definition) is 2. The van der Waals surface area contributed by atoms with Crippen molar-refractivity contribution in [2.45, 2.75) is 64.6 Å². The molecule has 1 saturated carbocycles. The lowest BCUT2D eigenvalue weighted by Gasteiger charge is -2.40. The summed E-state index contributed by atoms with van der Waals surface area (Å²) in [5.41, 5.74) is 0.192. The van der Waals surface area contributed by atoms with Gasteiger partial charge in [-0.2, -0.15) is 5.10 Å². The first-order valence-electron chi connectivity index (χ1n) is 11.5. The third-order valence-corrected chi connectivity index (χ3v) is 6.98. The predicted molar refractivity (Wildman–Crippen MR) is 122 cm³/mol. The molecule has 2 aliphatic rings. The van der Waals surface area contributed by atoms with Crippen molar-refractivity contribution in [1.82, 2.24) is 30.3 Å². The van der Waals surface area contributed by atoms with Gasteiger partial charge in [-0.05, 0) is 42.6 Å². The van der Waals surface area contributed by atoms with Gasteiger partial charge in [0.15, 0.2) is 0 Å². The summed E-state index contributed by atoms with van der Waals surface area (Å²) in [7, 11) is 0. The number of nitrogens with one attached hydrogen (secondary N) is 2. The Hall–Kier alpha value is -3.23. The summed E-state index contributed by atoms with van der Waals surface area (Å²) >= 11 is 0. The largest absolute Gasteiger partial charge is 0.346 e. The van der Waals surface area contributed by atoms with Crippen LogP contribution in [0.3, 0.4) is 0 Å². The van der Waals surface area contributed by atoms with Crippen LogP contribution in [0.2, 0.25) is 0 Å². The molecular formula is C24H32N6O3. The molecule has 0 bridgehead atoms. The highest BCUT2D eigenvalue weighted by molar-refractivity contribution is 6.09. The van der Waals surface area contributed by atoms with Crippen molar-refractivity contribution in [2.75, 3.05) is 6.54 Å². The number of rotatable bonds is 6. The summed E-state index contributed by atoms with van der Waals surface area (Å²) < 4.78 is 1.63. The fourth-order valence-electron chi connectivity index (χ4n) is 4.95. The lowest BCUT2D eigenvalue weighted by Crippen LogP contribution is -2.51. The molecule has 1 aromatic heterocycles. The number of imide groups is 1. The minimum Gasteiger partial charge on any atom is -0.346 e. The molecule has 1 aliphatic heterocycles. The Bertz CT molecular complexity index is 991. The molecule has 0 radical (unpaired) electrons. The average Bonchev–Trinajstić information content (AvgIpc) is 3.36. The van der Waals surface area contributed by atoms with Crippen LogP contribution in [-0.4, -0.2) is 49.6 Å². The topological polar surface area (TPSA) is 109 Å². The van der Waals surface area contributed by atoms with E-state index in [1.54, 1.807) is 11.0 Å². The van der Waals surface area contributed by atoms with E-state index in [0.29, 0.717) is 25.3 Å². The van der Waals surface area contributed by atoms with Crippen molar-refractivity contribution < 1.29 is 14.4 Å². The lowest BCUT2D eigenvalue weighted by molar-refractivity contribution is -0.136. The van der Waals surface area contributed by atoms with Gasteiger partial charge >= 0.3 is 6.03 Å². The molecule has 176 valence electrons. The van der Waals surface area contributed by atoms with E-state index in [4.69, 9.17) is 0 Å². The van der Waals surface area contributed by atoms with Crippen molar-refractivity contribution in [3.05, 3.63) is 48.5 Å². The third-order valence-electron chi connectivity index (χ3n) is 6.98. The maximum atomic E-state index is 13.2. The number of aromatic nitrogens is 3. The van der Waals surface area contributed by atoms with Crippen molar-refractivity contribution in [1.29, 1.82) is 0 Å². The Kier molecular flexibility index (Phi) is 6.23. The SMILES string of the molecule is CC(C)(C)C1CCC2(CC1)NC(=O)N(CC(=O)NC(Cn1cncn1)c1ccccc1)C2=O. The quantitative estimate of drug-likeness (QED) is 0.655. The Morgan fingerprint density at radius 2 is 1.91 bits per heavy atom. The zero-order valence-electron chi connectivity index (χ0n) is 19.5. The standard InChI is InChI=1S/C24H32N6O3/c1-23(2,3)18-9-11-24(12-10-18)21(32)30(22(33)28-24)14-20(31)27-19(13-29-16-25-15-26-29)17-7-5-4-6-8-17/h4-8,15-16,18-19H,9-14H2,1-3H3,(H,27,31)(H,28,33). The summed E-state index contributed by atoms with van der Waals surface area (Å²) in [4.78, 5) is 43.9.